The Balaban J connectivity index is 1.55. The third kappa shape index (κ3) is 3.87. The van der Waals surface area contributed by atoms with Crippen LogP contribution in [0.3, 0.4) is 0 Å². The molecule has 1 aliphatic heterocycles. The van der Waals surface area contributed by atoms with E-state index in [9.17, 15) is 9.35 Å². The molecule has 0 aromatic heterocycles. The van der Waals surface area contributed by atoms with Crippen molar-refractivity contribution in [3.05, 3.63) is 35.9 Å². The smallest absolute Gasteiger partial charge is 0.410 e. The molecule has 1 aromatic carbocycles. The highest BCUT2D eigenvalue weighted by molar-refractivity contribution is 7.90. The number of nitrogens with one attached hydrogen (secondary N) is 1. The molecular formula is C18H26N2O3S. The zero-order valence-electron chi connectivity index (χ0n) is 14.6. The maximum absolute atomic E-state index is 12.4. The summed E-state index contributed by atoms with van der Waals surface area (Å²) in [7, 11) is 0. The average molecular weight is 350 g/mol. The van der Waals surface area contributed by atoms with Crippen LogP contribution in [0.5, 0.6) is 0 Å². The first-order valence-corrected chi connectivity index (χ1v) is 9.59. The highest BCUT2D eigenvalue weighted by Crippen LogP contribution is 2.53. The summed E-state index contributed by atoms with van der Waals surface area (Å²) < 4.78 is 20.8. The first-order valence-electron chi connectivity index (χ1n) is 8.44. The molecule has 0 radical (unpaired) electrons. The van der Waals surface area contributed by atoms with Crippen LogP contribution in [0, 0.1) is 5.41 Å². The second-order valence-electron chi connectivity index (χ2n) is 7.83. The van der Waals surface area contributed by atoms with Crippen molar-refractivity contribution in [2.75, 3.05) is 13.1 Å². The number of hydrogen-bond donors (Lipinski definition) is 1. The van der Waals surface area contributed by atoms with Gasteiger partial charge in [0, 0.05) is 29.9 Å². The van der Waals surface area contributed by atoms with Gasteiger partial charge in [-0.3, -0.25) is 0 Å². The number of nitrogens with zero attached hydrogens (tertiary/aromatic N) is 1. The van der Waals surface area contributed by atoms with E-state index in [4.69, 9.17) is 4.74 Å². The Bertz CT molecular complexity index is 584. The van der Waals surface area contributed by atoms with Crippen LogP contribution in [0.4, 0.5) is 4.79 Å². The van der Waals surface area contributed by atoms with E-state index < -0.39 is 11.4 Å². The van der Waals surface area contributed by atoms with Crippen LogP contribution in [-0.2, 0) is 22.7 Å². The van der Waals surface area contributed by atoms with Crippen molar-refractivity contribution in [2.24, 2.45) is 5.41 Å². The molecule has 1 aromatic rings. The molecule has 1 N–H and O–H groups in total. The van der Waals surface area contributed by atoms with Gasteiger partial charge in [0.05, 0.1) is 6.04 Å². The molecule has 5 nitrogen and oxygen atoms in total. The van der Waals surface area contributed by atoms with Crippen molar-refractivity contribution in [3.63, 3.8) is 0 Å². The minimum Gasteiger partial charge on any atom is -0.598 e. The van der Waals surface area contributed by atoms with Crippen LogP contribution in [0.25, 0.3) is 0 Å². The second kappa shape index (κ2) is 6.58. The summed E-state index contributed by atoms with van der Waals surface area (Å²) >= 11 is -1.12. The molecule has 2 aliphatic rings. The Hall–Kier alpha value is -1.24. The molecule has 1 saturated carbocycles. The molecule has 1 heterocycles. The standard InChI is InChI=1S/C18H26N2O3S/c1-17(2,3)24(22)19-15-11-20(13-18(15)9-10-18)16(21)23-12-14-7-5-4-6-8-14/h4-8,15,19H,9-13H2,1-3H3. The number of carbonyl (C=O) groups is 1. The molecule has 3 rings (SSSR count). The molecule has 2 atom stereocenters. The molecule has 132 valence electrons. The monoisotopic (exact) mass is 350 g/mol. The Labute approximate surface area is 147 Å². The van der Waals surface area contributed by atoms with Gasteiger partial charge in [0.15, 0.2) is 0 Å². The van der Waals surface area contributed by atoms with Gasteiger partial charge in [0.25, 0.3) is 0 Å². The zero-order chi connectivity index (χ0) is 17.4. The largest absolute Gasteiger partial charge is 0.598 e. The van der Waals surface area contributed by atoms with Crippen molar-refractivity contribution >= 4 is 17.5 Å². The third-order valence-corrected chi connectivity index (χ3v) is 6.42. The Morgan fingerprint density at radius 2 is 2.04 bits per heavy atom. The molecule has 1 spiro atoms. The van der Waals surface area contributed by atoms with Crippen molar-refractivity contribution in [1.82, 2.24) is 9.62 Å². The fourth-order valence-corrected chi connectivity index (χ4v) is 3.99. The van der Waals surface area contributed by atoms with Crippen LogP contribution in [0.2, 0.25) is 0 Å². The number of hydrogen-bond acceptors (Lipinski definition) is 4. The van der Waals surface area contributed by atoms with E-state index in [-0.39, 0.29) is 28.9 Å². The van der Waals surface area contributed by atoms with Crippen molar-refractivity contribution < 1.29 is 14.1 Å². The molecule has 1 aliphatic carbocycles. The molecular weight excluding hydrogens is 324 g/mol. The summed E-state index contributed by atoms with van der Waals surface area (Å²) in [6, 6.07) is 9.77. The Kier molecular flexibility index (Phi) is 4.82. The highest BCUT2D eigenvalue weighted by Gasteiger charge is 2.58. The molecule has 6 heteroatoms. The van der Waals surface area contributed by atoms with Crippen LogP contribution in [0.15, 0.2) is 30.3 Å². The number of carbonyl (C=O) groups excluding carboxylic acids is 1. The van der Waals surface area contributed by atoms with Gasteiger partial charge < -0.3 is 14.2 Å². The number of amides is 1. The number of ether oxygens (including phenoxy) is 1. The molecule has 0 bridgehead atoms. The van der Waals surface area contributed by atoms with Crippen molar-refractivity contribution in [2.45, 2.75) is 51.0 Å². The average Bonchev–Trinajstić information content (AvgIpc) is 3.22. The summed E-state index contributed by atoms with van der Waals surface area (Å²) in [6.45, 7) is 7.41. The van der Waals surface area contributed by atoms with Gasteiger partial charge in [-0.15, -0.1) is 4.72 Å². The minimum absolute atomic E-state index is 0.0850. The van der Waals surface area contributed by atoms with Crippen LogP contribution >= 0.6 is 0 Å². The first-order chi connectivity index (χ1) is 11.3. The van der Waals surface area contributed by atoms with Crippen molar-refractivity contribution in [1.29, 1.82) is 0 Å². The summed E-state index contributed by atoms with van der Waals surface area (Å²) in [6.07, 6.45) is 1.87. The lowest BCUT2D eigenvalue weighted by atomic mass is 10.0. The summed E-state index contributed by atoms with van der Waals surface area (Å²) in [5.74, 6) is 0. The normalized spacial score (nSPS) is 23.3. The molecule has 1 amide bonds. The van der Waals surface area contributed by atoms with Gasteiger partial charge in [0.1, 0.15) is 11.4 Å². The molecule has 24 heavy (non-hydrogen) atoms. The number of benzene rings is 1. The maximum atomic E-state index is 12.4. The van der Waals surface area contributed by atoms with Gasteiger partial charge >= 0.3 is 6.09 Å². The lowest BCUT2D eigenvalue weighted by molar-refractivity contribution is 0.102. The quantitative estimate of drug-likeness (QED) is 0.848. The number of rotatable bonds is 4. The van der Waals surface area contributed by atoms with E-state index in [1.54, 1.807) is 4.90 Å². The summed E-state index contributed by atoms with van der Waals surface area (Å²) in [4.78, 5) is 14.1. The van der Waals surface area contributed by atoms with Gasteiger partial charge in [-0.1, -0.05) is 30.3 Å². The first kappa shape index (κ1) is 17.6. The summed E-state index contributed by atoms with van der Waals surface area (Å²) in [5, 5.41) is 0. The third-order valence-electron chi connectivity index (χ3n) is 4.81. The van der Waals surface area contributed by atoms with Gasteiger partial charge in [0.2, 0.25) is 0 Å². The second-order valence-corrected chi connectivity index (χ2v) is 9.83. The summed E-state index contributed by atoms with van der Waals surface area (Å²) in [5.41, 5.74) is 1.07. The van der Waals surface area contributed by atoms with E-state index >= 15 is 0 Å². The van der Waals surface area contributed by atoms with Gasteiger partial charge in [-0.05, 0) is 39.2 Å². The fraction of sp³-hybridized carbons (Fsp3) is 0.611. The minimum atomic E-state index is -1.12. The van der Waals surface area contributed by atoms with E-state index in [1.165, 1.54) is 0 Å². The maximum Gasteiger partial charge on any atom is 0.410 e. The van der Waals surface area contributed by atoms with Crippen LogP contribution in [-0.4, -0.2) is 39.4 Å². The predicted octanol–water partition coefficient (Wildman–Crippen LogP) is 2.84. The zero-order valence-corrected chi connectivity index (χ0v) is 15.4. The predicted molar refractivity (Wildman–Crippen MR) is 94.7 cm³/mol. The topological polar surface area (TPSA) is 64.6 Å². The van der Waals surface area contributed by atoms with Gasteiger partial charge in [-0.2, -0.15) is 0 Å². The van der Waals surface area contributed by atoms with E-state index in [2.05, 4.69) is 4.72 Å². The van der Waals surface area contributed by atoms with Crippen LogP contribution in [0.1, 0.15) is 39.2 Å². The number of likely N-dealkylation sites (tertiary alicyclic amines) is 1. The van der Waals surface area contributed by atoms with Gasteiger partial charge in [-0.25, -0.2) is 4.79 Å². The lowest BCUT2D eigenvalue weighted by Crippen LogP contribution is -2.48. The molecule has 2 unspecified atom stereocenters. The molecule has 2 fully saturated rings. The SMILES string of the molecule is CC(C)(C)[S+]([O-])NC1CN(C(=O)OCc2ccccc2)CC12CC2. The Morgan fingerprint density at radius 3 is 2.62 bits per heavy atom. The van der Waals surface area contributed by atoms with E-state index in [0.29, 0.717) is 13.1 Å². The van der Waals surface area contributed by atoms with E-state index in [0.717, 1.165) is 18.4 Å². The van der Waals surface area contributed by atoms with E-state index in [1.807, 2.05) is 51.1 Å². The lowest BCUT2D eigenvalue weighted by Gasteiger charge is -2.28. The fourth-order valence-electron chi connectivity index (χ4n) is 3.05. The molecule has 1 saturated heterocycles. The highest BCUT2D eigenvalue weighted by atomic mass is 32.2. The Morgan fingerprint density at radius 1 is 1.38 bits per heavy atom. The van der Waals surface area contributed by atoms with Crippen molar-refractivity contribution in [3.8, 4) is 0 Å². The van der Waals surface area contributed by atoms with Crippen LogP contribution < -0.4 is 4.72 Å².